The number of ether oxygens (including phenoxy) is 2. The highest BCUT2D eigenvalue weighted by atomic mass is 32.2. The molecule has 9 heteroatoms. The van der Waals surface area contributed by atoms with E-state index in [9.17, 15) is 15.0 Å². The highest BCUT2D eigenvalue weighted by Crippen LogP contribution is 2.39. The topological polar surface area (TPSA) is 92.1 Å². The Morgan fingerprint density at radius 3 is 2.81 bits per heavy atom. The molecule has 0 spiro atoms. The van der Waals surface area contributed by atoms with Crippen molar-refractivity contribution in [1.29, 1.82) is 0 Å². The van der Waals surface area contributed by atoms with E-state index in [1.54, 1.807) is 12.3 Å². The van der Waals surface area contributed by atoms with Crippen LogP contribution in [0.2, 0.25) is 0 Å². The second-order valence-corrected chi connectivity index (χ2v) is 9.55. The molecule has 2 N–H and O–H groups in total. The van der Waals surface area contributed by atoms with E-state index in [1.807, 2.05) is 44.2 Å². The maximum Gasteiger partial charge on any atom is 0.326 e. The molecule has 2 aliphatic heterocycles. The third kappa shape index (κ3) is 4.60. The first-order chi connectivity index (χ1) is 15.4. The van der Waals surface area contributed by atoms with Gasteiger partial charge in [-0.05, 0) is 48.2 Å². The Morgan fingerprint density at radius 1 is 1.34 bits per heavy atom. The normalized spacial score (nSPS) is 20.6. The van der Waals surface area contributed by atoms with Crippen LogP contribution in [0.25, 0.3) is 17.3 Å². The molecule has 2 aliphatic rings. The van der Waals surface area contributed by atoms with Crippen LogP contribution >= 0.6 is 24.0 Å². The molecule has 3 unspecified atom stereocenters. The largest absolute Gasteiger partial charge is 0.480 e. The number of hydrogen-bond acceptors (Lipinski definition) is 7. The molecule has 1 aromatic carbocycles. The maximum absolute atomic E-state index is 11.9. The molecule has 1 saturated heterocycles. The van der Waals surface area contributed by atoms with Crippen LogP contribution in [0, 0.1) is 5.92 Å². The number of aromatic nitrogens is 1. The van der Waals surface area contributed by atoms with Crippen molar-refractivity contribution in [3.8, 4) is 22.8 Å². The summed E-state index contributed by atoms with van der Waals surface area (Å²) in [6.07, 6.45) is 3.69. The number of thiocarbonyl (C=S) groups is 1. The summed E-state index contributed by atoms with van der Waals surface area (Å²) in [4.78, 5) is 18.4. The lowest BCUT2D eigenvalue weighted by Gasteiger charge is -2.30. The van der Waals surface area contributed by atoms with Gasteiger partial charge < -0.3 is 24.6 Å². The molecular formula is C23H24N2O5S2. The Kier molecular flexibility index (Phi) is 6.68. The van der Waals surface area contributed by atoms with Crippen LogP contribution in [0.5, 0.6) is 11.5 Å². The highest BCUT2D eigenvalue weighted by Gasteiger charge is 2.40. The number of nitrogens with zero attached hydrogens (tertiary/aromatic N) is 2. The second kappa shape index (κ2) is 9.48. The summed E-state index contributed by atoms with van der Waals surface area (Å²) in [6.45, 7) is 4.24. The van der Waals surface area contributed by atoms with Gasteiger partial charge in [-0.3, -0.25) is 4.98 Å². The second-order valence-electron chi connectivity index (χ2n) is 7.84. The molecule has 1 fully saturated rings. The molecule has 0 saturated carbocycles. The van der Waals surface area contributed by atoms with E-state index in [0.29, 0.717) is 21.4 Å². The Labute approximate surface area is 196 Å². The van der Waals surface area contributed by atoms with Crippen molar-refractivity contribution in [3.63, 3.8) is 0 Å². The van der Waals surface area contributed by atoms with Gasteiger partial charge in [0.15, 0.2) is 17.7 Å². The van der Waals surface area contributed by atoms with Crippen LogP contribution in [0.3, 0.4) is 0 Å². The van der Waals surface area contributed by atoms with E-state index in [1.165, 1.54) is 16.7 Å². The van der Waals surface area contributed by atoms with Crippen molar-refractivity contribution in [1.82, 2.24) is 9.88 Å². The smallest absolute Gasteiger partial charge is 0.326 e. The third-order valence-corrected chi connectivity index (χ3v) is 7.05. The number of pyridine rings is 1. The van der Waals surface area contributed by atoms with Crippen LogP contribution in [-0.4, -0.2) is 49.4 Å². The van der Waals surface area contributed by atoms with Gasteiger partial charge in [0.05, 0.1) is 5.69 Å². The Balaban J connectivity index is 1.52. The minimum atomic E-state index is -1.09. The molecule has 0 radical (unpaired) electrons. The van der Waals surface area contributed by atoms with Gasteiger partial charge in [-0.2, -0.15) is 0 Å². The molecule has 3 atom stereocenters. The van der Waals surface area contributed by atoms with Crippen LogP contribution in [0.1, 0.15) is 32.3 Å². The maximum atomic E-state index is 11.9. The lowest BCUT2D eigenvalue weighted by atomic mass is 9.98. The molecule has 168 valence electrons. The van der Waals surface area contributed by atoms with Gasteiger partial charge in [0.1, 0.15) is 10.4 Å². The lowest BCUT2D eigenvalue weighted by Crippen LogP contribution is -2.46. The van der Waals surface area contributed by atoms with Gasteiger partial charge in [-0.25, -0.2) is 4.79 Å². The number of aliphatic hydroxyl groups excluding tert-OH is 1. The number of aliphatic hydroxyl groups is 1. The molecule has 0 amide bonds. The van der Waals surface area contributed by atoms with Crippen molar-refractivity contribution in [2.75, 3.05) is 6.79 Å². The first-order valence-corrected chi connectivity index (χ1v) is 11.6. The van der Waals surface area contributed by atoms with Crippen molar-refractivity contribution >= 4 is 40.3 Å². The van der Waals surface area contributed by atoms with Crippen molar-refractivity contribution < 1.29 is 24.5 Å². The van der Waals surface area contributed by atoms with Crippen molar-refractivity contribution in [3.05, 3.63) is 47.0 Å². The van der Waals surface area contributed by atoms with Crippen LogP contribution in [-0.2, 0) is 4.79 Å². The quantitative estimate of drug-likeness (QED) is 0.570. The molecule has 7 nitrogen and oxygen atoms in total. The van der Waals surface area contributed by atoms with E-state index in [4.69, 9.17) is 21.7 Å². The molecule has 32 heavy (non-hydrogen) atoms. The predicted octanol–water partition coefficient (Wildman–Crippen LogP) is 4.36. The fraction of sp³-hybridized carbons (Fsp3) is 0.348. The van der Waals surface area contributed by atoms with Gasteiger partial charge >= 0.3 is 5.97 Å². The minimum Gasteiger partial charge on any atom is -0.480 e. The fourth-order valence-corrected chi connectivity index (χ4v) is 5.07. The van der Waals surface area contributed by atoms with Gasteiger partial charge in [0.25, 0.3) is 0 Å². The van der Waals surface area contributed by atoms with E-state index in [-0.39, 0.29) is 12.7 Å². The number of thioether (sulfide) groups is 1. The molecule has 1 aromatic heterocycles. The van der Waals surface area contributed by atoms with E-state index < -0.39 is 18.2 Å². The molecule has 3 heterocycles. The molecule has 2 aromatic rings. The van der Waals surface area contributed by atoms with Crippen molar-refractivity contribution in [2.24, 2.45) is 5.92 Å². The van der Waals surface area contributed by atoms with Gasteiger partial charge in [-0.15, -0.1) is 0 Å². The summed E-state index contributed by atoms with van der Waals surface area (Å²) >= 11 is 6.62. The molecule has 4 rings (SSSR count). The minimum absolute atomic E-state index is 0.206. The summed E-state index contributed by atoms with van der Waals surface area (Å²) in [5.41, 5.74) is 2.47. The van der Waals surface area contributed by atoms with E-state index in [2.05, 4.69) is 4.98 Å². The average molecular weight is 473 g/mol. The molecule has 0 aliphatic carbocycles. The van der Waals surface area contributed by atoms with E-state index >= 15 is 0 Å². The number of carboxylic acid groups (broad SMARTS) is 1. The predicted molar refractivity (Wildman–Crippen MR) is 127 cm³/mol. The standard InChI is InChI=1S/C23H24N2O5S2/c1-3-13(2)8-17(22(27)28)25-21(26)20(32-23(25)31)9-14-4-6-16(24-11-14)15-5-7-18-19(10-15)30-12-29-18/h4-7,9-11,13,17,21,26H,3,8,12H2,1-2H3,(H,27,28). The Bertz CT molecular complexity index is 1060. The Hall–Kier alpha value is -2.62. The van der Waals surface area contributed by atoms with Crippen LogP contribution in [0.15, 0.2) is 41.4 Å². The molecule has 0 bridgehead atoms. The number of aliphatic carboxylic acids is 1. The fourth-order valence-electron chi connectivity index (χ4n) is 3.61. The zero-order chi connectivity index (χ0) is 22.8. The Morgan fingerprint density at radius 2 is 2.12 bits per heavy atom. The zero-order valence-electron chi connectivity index (χ0n) is 17.7. The van der Waals surface area contributed by atoms with E-state index in [0.717, 1.165) is 29.0 Å². The van der Waals surface area contributed by atoms with Crippen LogP contribution in [0.4, 0.5) is 0 Å². The highest BCUT2D eigenvalue weighted by molar-refractivity contribution is 8.26. The summed E-state index contributed by atoms with van der Waals surface area (Å²) in [6, 6.07) is 8.58. The number of rotatable bonds is 7. The lowest BCUT2D eigenvalue weighted by molar-refractivity contribution is -0.144. The summed E-state index contributed by atoms with van der Waals surface area (Å²) in [5, 5.41) is 20.6. The first-order valence-electron chi connectivity index (χ1n) is 10.4. The zero-order valence-corrected chi connectivity index (χ0v) is 19.4. The van der Waals surface area contributed by atoms with Crippen molar-refractivity contribution in [2.45, 2.75) is 39.0 Å². The average Bonchev–Trinajstić information content (AvgIpc) is 3.36. The summed E-state index contributed by atoms with van der Waals surface area (Å²) in [5.74, 6) is 0.635. The first kappa shape index (κ1) is 22.6. The van der Waals surface area contributed by atoms with Gasteiger partial charge in [0.2, 0.25) is 6.79 Å². The monoisotopic (exact) mass is 472 g/mol. The molecular weight excluding hydrogens is 448 g/mol. The summed E-state index contributed by atoms with van der Waals surface area (Å²) < 4.78 is 11.1. The number of carbonyl (C=O) groups is 1. The number of benzene rings is 1. The third-order valence-electron chi connectivity index (χ3n) is 5.64. The van der Waals surface area contributed by atoms with Crippen LogP contribution < -0.4 is 9.47 Å². The number of fused-ring (bicyclic) bond motifs is 1. The number of hydrogen-bond donors (Lipinski definition) is 2. The van der Waals surface area contributed by atoms with Gasteiger partial charge in [-0.1, -0.05) is 50.3 Å². The summed E-state index contributed by atoms with van der Waals surface area (Å²) in [7, 11) is 0. The number of carboxylic acids is 1. The van der Waals surface area contributed by atoms with Gasteiger partial charge in [0, 0.05) is 16.7 Å². The SMILES string of the molecule is CCC(C)CC(C(=O)O)N1C(=S)SC(=Cc2ccc(-c3ccc4c(c3)OCO4)nc2)C1O.